The number of amides is 2. The molecule has 0 aromatic heterocycles. The van der Waals surface area contributed by atoms with Crippen LogP contribution >= 0.6 is 0 Å². The van der Waals surface area contributed by atoms with E-state index in [1.807, 2.05) is 18.2 Å². The molecule has 2 amide bonds. The van der Waals surface area contributed by atoms with Gasteiger partial charge in [0.25, 0.3) is 5.91 Å². The van der Waals surface area contributed by atoms with Crippen molar-refractivity contribution >= 4 is 35.1 Å². The summed E-state index contributed by atoms with van der Waals surface area (Å²) in [5, 5.41) is 3.71. The molecule has 0 saturated carbocycles. The summed E-state index contributed by atoms with van der Waals surface area (Å²) < 4.78 is 15.1. The van der Waals surface area contributed by atoms with Gasteiger partial charge in [-0.2, -0.15) is 0 Å². The zero-order valence-corrected chi connectivity index (χ0v) is 31.4. The Kier molecular flexibility index (Phi) is 17.6. The number of anilines is 2. The predicted octanol–water partition coefficient (Wildman–Crippen LogP) is 7.29. The summed E-state index contributed by atoms with van der Waals surface area (Å²) in [5.41, 5.74) is 6.45. The zero-order valence-electron chi connectivity index (χ0n) is 31.4. The third-order valence-corrected chi connectivity index (χ3v) is 9.61. The molecular weight excluding hydrogens is 648 g/mol. The number of benzene rings is 2. The highest BCUT2D eigenvalue weighted by Crippen LogP contribution is 2.31. The van der Waals surface area contributed by atoms with Crippen molar-refractivity contribution in [2.24, 2.45) is 11.3 Å². The number of hydrogen-bond donors (Lipinski definition) is 2. The number of para-hydroxylation sites is 1. The number of carbonyl (C=O) groups excluding carboxylic acids is 4. The molecule has 2 N–H and O–H groups in total. The number of carbonyl (C=O) groups is 4. The van der Waals surface area contributed by atoms with Gasteiger partial charge in [-0.3, -0.25) is 40.0 Å². The Labute approximate surface area is 304 Å². The number of hydrogen-bond acceptors (Lipinski definition) is 9. The van der Waals surface area contributed by atoms with Crippen molar-refractivity contribution in [1.29, 1.82) is 0 Å². The van der Waals surface area contributed by atoms with Gasteiger partial charge >= 0.3 is 11.9 Å². The number of nitrogens with zero attached hydrogens (tertiary/aromatic N) is 2. The summed E-state index contributed by atoms with van der Waals surface area (Å²) >= 11 is 0. The molecule has 0 aliphatic carbocycles. The summed E-state index contributed by atoms with van der Waals surface area (Å²) in [4.78, 5) is 46.8. The van der Waals surface area contributed by atoms with Crippen LogP contribution in [0.5, 0.6) is 5.75 Å². The molecule has 2 atom stereocenters. The third-order valence-electron chi connectivity index (χ3n) is 9.61. The molecule has 0 radical (unpaired) electrons. The van der Waals surface area contributed by atoms with E-state index in [9.17, 15) is 19.2 Å². The van der Waals surface area contributed by atoms with E-state index in [1.165, 1.54) is 90.9 Å². The molecule has 0 bridgehead atoms. The summed E-state index contributed by atoms with van der Waals surface area (Å²) in [6.45, 7) is 6.70. The van der Waals surface area contributed by atoms with Gasteiger partial charge in [-0.05, 0) is 42.8 Å². The Morgan fingerprint density at radius 3 is 1.78 bits per heavy atom. The molecule has 2 aliphatic heterocycles. The Morgan fingerprint density at radius 1 is 0.745 bits per heavy atom. The summed E-state index contributed by atoms with van der Waals surface area (Å²) in [6.07, 6.45) is 17.5. The Bertz CT molecular complexity index is 1340. The number of esters is 2. The van der Waals surface area contributed by atoms with Gasteiger partial charge in [0.15, 0.2) is 0 Å². The Hall–Kier alpha value is -4.28. The van der Waals surface area contributed by atoms with E-state index in [-0.39, 0.29) is 43.5 Å². The maximum atomic E-state index is 12.5. The van der Waals surface area contributed by atoms with Crippen molar-refractivity contribution in [2.45, 2.75) is 117 Å². The van der Waals surface area contributed by atoms with Gasteiger partial charge in [0.05, 0.1) is 37.0 Å². The summed E-state index contributed by atoms with van der Waals surface area (Å²) in [5.74, 6) is -0.474. The molecule has 2 heterocycles. The predicted molar refractivity (Wildman–Crippen MR) is 200 cm³/mol. The first-order valence-electron chi connectivity index (χ1n) is 18.7. The Morgan fingerprint density at radius 2 is 1.27 bits per heavy atom. The fraction of sp³-hybridized carbons (Fsp3) is 0.600. The maximum Gasteiger partial charge on any atom is 0.302 e. The van der Waals surface area contributed by atoms with E-state index in [0.29, 0.717) is 5.75 Å². The van der Waals surface area contributed by atoms with Crippen LogP contribution in [0.4, 0.5) is 11.4 Å². The average molecular weight is 709 g/mol. The van der Waals surface area contributed by atoms with Crippen LogP contribution in [0.25, 0.3) is 0 Å². The second-order valence-electron chi connectivity index (χ2n) is 13.8. The average Bonchev–Trinajstić information content (AvgIpc) is 3.62. The van der Waals surface area contributed by atoms with Crippen LogP contribution in [0.1, 0.15) is 111 Å². The van der Waals surface area contributed by atoms with E-state index in [1.54, 1.807) is 36.4 Å². The van der Waals surface area contributed by atoms with E-state index in [0.717, 1.165) is 17.8 Å². The number of hydrazine groups is 2. The SMILES string of the molecule is CCCCCCCCCCCCCCC1C(C)C(=O)NN1c1ccccc1.COc1ccc(N2CC(COC(C)=O)(COC(C)=O)C(=O)N2)cc1. The van der Waals surface area contributed by atoms with Gasteiger partial charge in [-0.15, -0.1) is 0 Å². The van der Waals surface area contributed by atoms with Crippen LogP contribution in [0.2, 0.25) is 0 Å². The quantitative estimate of drug-likeness (QED) is 0.108. The molecule has 2 aromatic rings. The number of ether oxygens (including phenoxy) is 3. The smallest absolute Gasteiger partial charge is 0.302 e. The van der Waals surface area contributed by atoms with Gasteiger partial charge in [-0.1, -0.05) is 109 Å². The molecule has 2 fully saturated rings. The molecule has 11 heteroatoms. The molecule has 2 aromatic carbocycles. The highest BCUT2D eigenvalue weighted by Gasteiger charge is 2.49. The zero-order chi connectivity index (χ0) is 37.1. The topological polar surface area (TPSA) is 127 Å². The number of nitrogens with one attached hydrogen (secondary N) is 2. The van der Waals surface area contributed by atoms with Crippen LogP contribution in [-0.4, -0.2) is 56.7 Å². The van der Waals surface area contributed by atoms with Crippen molar-refractivity contribution in [2.75, 3.05) is 36.9 Å². The number of unbranched alkanes of at least 4 members (excludes halogenated alkanes) is 11. The molecule has 0 spiro atoms. The van der Waals surface area contributed by atoms with Crippen LogP contribution in [0.15, 0.2) is 54.6 Å². The third kappa shape index (κ3) is 13.4. The number of methoxy groups -OCH3 is 1. The summed E-state index contributed by atoms with van der Waals surface area (Å²) in [6, 6.07) is 17.6. The van der Waals surface area contributed by atoms with E-state index in [2.05, 4.69) is 41.8 Å². The maximum absolute atomic E-state index is 12.5. The molecule has 51 heavy (non-hydrogen) atoms. The van der Waals surface area contributed by atoms with E-state index >= 15 is 0 Å². The minimum absolute atomic E-state index is 0.0675. The van der Waals surface area contributed by atoms with E-state index < -0.39 is 17.4 Å². The normalized spacial score (nSPS) is 17.7. The lowest BCUT2D eigenvalue weighted by atomic mass is 9.90. The first-order valence-corrected chi connectivity index (χ1v) is 18.7. The highest BCUT2D eigenvalue weighted by atomic mass is 16.5. The van der Waals surface area contributed by atoms with Crippen LogP contribution in [0.3, 0.4) is 0 Å². The standard InChI is InChI=1S/C24H40N2O.C16H20N2O6/c1-3-4-5-6-7-8-9-10-11-12-13-17-20-23-21(2)24(27)25-26(23)22-18-15-14-16-19-22;1-11(19)23-9-16(10-24-12(2)20)8-18(17-15(16)21)13-4-6-14(22-3)7-5-13/h14-16,18-19,21,23H,3-13,17,20H2,1-2H3,(H,25,27);4-7H,8-10H2,1-3H3,(H,17,21). The first kappa shape index (κ1) is 41.1. The van der Waals surface area contributed by atoms with Gasteiger partial charge in [0, 0.05) is 13.8 Å². The van der Waals surface area contributed by atoms with Gasteiger partial charge < -0.3 is 14.2 Å². The van der Waals surface area contributed by atoms with Crippen molar-refractivity contribution in [3.63, 3.8) is 0 Å². The molecule has 282 valence electrons. The van der Waals surface area contributed by atoms with Gasteiger partial charge in [0.2, 0.25) is 5.91 Å². The fourth-order valence-electron chi connectivity index (χ4n) is 6.44. The first-order chi connectivity index (χ1) is 24.6. The van der Waals surface area contributed by atoms with Gasteiger partial charge in [0.1, 0.15) is 24.4 Å². The fourth-order valence-corrected chi connectivity index (χ4v) is 6.44. The highest BCUT2D eigenvalue weighted by molar-refractivity contribution is 5.89. The van der Waals surface area contributed by atoms with Crippen LogP contribution in [-0.2, 0) is 28.7 Å². The lowest BCUT2D eigenvalue weighted by molar-refractivity contribution is -0.154. The molecular formula is C40H60N4O7. The van der Waals surface area contributed by atoms with Crippen LogP contribution in [0, 0.1) is 11.3 Å². The molecule has 4 rings (SSSR count). The summed E-state index contributed by atoms with van der Waals surface area (Å²) in [7, 11) is 1.57. The molecule has 2 aliphatic rings. The van der Waals surface area contributed by atoms with Crippen molar-refractivity contribution in [3.05, 3.63) is 54.6 Å². The lowest BCUT2D eigenvalue weighted by Crippen LogP contribution is -2.42. The minimum Gasteiger partial charge on any atom is -0.497 e. The minimum atomic E-state index is -1.16. The monoisotopic (exact) mass is 708 g/mol. The van der Waals surface area contributed by atoms with Crippen molar-refractivity contribution < 1.29 is 33.4 Å². The van der Waals surface area contributed by atoms with E-state index in [4.69, 9.17) is 14.2 Å². The number of rotatable bonds is 20. The second kappa shape index (κ2) is 21.8. The second-order valence-corrected chi connectivity index (χ2v) is 13.8. The molecule has 2 unspecified atom stereocenters. The van der Waals surface area contributed by atoms with Crippen molar-refractivity contribution in [3.8, 4) is 5.75 Å². The van der Waals surface area contributed by atoms with Crippen LogP contribution < -0.4 is 25.6 Å². The van der Waals surface area contributed by atoms with Crippen molar-refractivity contribution in [1.82, 2.24) is 10.9 Å². The molecule has 11 nitrogen and oxygen atoms in total. The Balaban J connectivity index is 0.000000277. The lowest BCUT2D eigenvalue weighted by Gasteiger charge is -2.27. The van der Waals surface area contributed by atoms with Gasteiger partial charge in [-0.25, -0.2) is 0 Å². The molecule has 2 saturated heterocycles. The largest absolute Gasteiger partial charge is 0.497 e.